The van der Waals surface area contributed by atoms with E-state index in [-0.39, 0.29) is 5.78 Å². The summed E-state index contributed by atoms with van der Waals surface area (Å²) in [5.41, 5.74) is 1.78. The standard InChI is InChI=1S/C17H12Cl2O/c18-15-5-1-3-13(11-15)7-9-17(20)10-8-14-4-2-6-16(19)12-14/h1-12H/b9-7-,10-8-. The Labute approximate surface area is 128 Å². The van der Waals surface area contributed by atoms with E-state index in [1.165, 1.54) is 12.2 Å². The Morgan fingerprint density at radius 3 is 1.65 bits per heavy atom. The lowest BCUT2D eigenvalue weighted by molar-refractivity contribution is -0.110. The molecule has 0 unspecified atom stereocenters. The summed E-state index contributed by atoms with van der Waals surface area (Å²) >= 11 is 11.7. The third kappa shape index (κ3) is 4.69. The van der Waals surface area contributed by atoms with E-state index in [4.69, 9.17) is 23.2 Å². The zero-order valence-corrected chi connectivity index (χ0v) is 12.1. The van der Waals surface area contributed by atoms with Crippen molar-refractivity contribution >= 4 is 41.1 Å². The number of rotatable bonds is 4. The second kappa shape index (κ2) is 7.09. The first-order valence-electron chi connectivity index (χ1n) is 6.05. The molecular formula is C17H12Cl2O. The van der Waals surface area contributed by atoms with Gasteiger partial charge in [0.25, 0.3) is 0 Å². The van der Waals surface area contributed by atoms with Crippen LogP contribution in [0.25, 0.3) is 12.2 Å². The number of halogens is 2. The van der Waals surface area contributed by atoms with Gasteiger partial charge in [0.2, 0.25) is 0 Å². The Morgan fingerprint density at radius 1 is 0.800 bits per heavy atom. The molecule has 100 valence electrons. The van der Waals surface area contributed by atoms with E-state index >= 15 is 0 Å². The van der Waals surface area contributed by atoms with E-state index in [1.54, 1.807) is 36.4 Å². The molecule has 0 amide bonds. The van der Waals surface area contributed by atoms with Crippen LogP contribution in [0, 0.1) is 0 Å². The Hall–Kier alpha value is -1.83. The van der Waals surface area contributed by atoms with Gasteiger partial charge in [0, 0.05) is 10.0 Å². The largest absolute Gasteiger partial charge is 0.290 e. The highest BCUT2D eigenvalue weighted by molar-refractivity contribution is 6.31. The minimum Gasteiger partial charge on any atom is -0.290 e. The molecule has 0 atom stereocenters. The second-order valence-corrected chi connectivity index (χ2v) is 5.05. The van der Waals surface area contributed by atoms with Crippen LogP contribution in [0.1, 0.15) is 11.1 Å². The topological polar surface area (TPSA) is 17.1 Å². The van der Waals surface area contributed by atoms with Gasteiger partial charge in [-0.05, 0) is 47.5 Å². The van der Waals surface area contributed by atoms with Gasteiger partial charge in [-0.25, -0.2) is 0 Å². The molecule has 3 heteroatoms. The smallest absolute Gasteiger partial charge is 0.178 e. The highest BCUT2D eigenvalue weighted by atomic mass is 35.5. The van der Waals surface area contributed by atoms with Crippen LogP contribution >= 0.6 is 23.2 Å². The van der Waals surface area contributed by atoms with Crippen molar-refractivity contribution in [3.05, 3.63) is 81.9 Å². The van der Waals surface area contributed by atoms with Gasteiger partial charge < -0.3 is 0 Å². The Morgan fingerprint density at radius 2 is 1.25 bits per heavy atom. The van der Waals surface area contributed by atoms with Gasteiger partial charge in [0.1, 0.15) is 0 Å². The van der Waals surface area contributed by atoms with E-state index in [9.17, 15) is 4.79 Å². The molecule has 0 aromatic heterocycles. The summed E-state index contributed by atoms with van der Waals surface area (Å²) < 4.78 is 0. The number of carbonyl (C=O) groups is 1. The molecule has 0 fully saturated rings. The summed E-state index contributed by atoms with van der Waals surface area (Å²) in [5, 5.41) is 1.29. The molecular weight excluding hydrogens is 291 g/mol. The van der Waals surface area contributed by atoms with Crippen LogP contribution in [-0.2, 0) is 4.79 Å². The number of allylic oxidation sites excluding steroid dienone is 2. The first kappa shape index (κ1) is 14.6. The molecule has 2 rings (SSSR count). The molecule has 0 spiro atoms. The average Bonchev–Trinajstić information content (AvgIpc) is 2.43. The van der Waals surface area contributed by atoms with Crippen LogP contribution < -0.4 is 0 Å². The van der Waals surface area contributed by atoms with Gasteiger partial charge in [-0.15, -0.1) is 0 Å². The van der Waals surface area contributed by atoms with E-state index < -0.39 is 0 Å². The monoisotopic (exact) mass is 302 g/mol. The Bertz CT molecular complexity index is 615. The van der Waals surface area contributed by atoms with Gasteiger partial charge in [-0.1, -0.05) is 59.6 Å². The number of ketones is 1. The Kier molecular flexibility index (Phi) is 5.16. The molecule has 0 aliphatic rings. The second-order valence-electron chi connectivity index (χ2n) is 4.18. The lowest BCUT2D eigenvalue weighted by Crippen LogP contribution is -1.85. The van der Waals surface area contributed by atoms with Crippen molar-refractivity contribution in [2.45, 2.75) is 0 Å². The van der Waals surface area contributed by atoms with E-state index in [0.29, 0.717) is 10.0 Å². The third-order valence-corrected chi connectivity index (χ3v) is 3.05. The molecule has 0 aliphatic heterocycles. The van der Waals surface area contributed by atoms with Crippen molar-refractivity contribution in [3.8, 4) is 0 Å². The summed E-state index contributed by atoms with van der Waals surface area (Å²) in [5.74, 6) is -0.0926. The van der Waals surface area contributed by atoms with Gasteiger partial charge in [0.15, 0.2) is 5.78 Å². The molecule has 1 nitrogen and oxygen atoms in total. The third-order valence-electron chi connectivity index (χ3n) is 2.58. The number of hydrogen-bond donors (Lipinski definition) is 0. The fourth-order valence-corrected chi connectivity index (χ4v) is 2.03. The van der Waals surface area contributed by atoms with E-state index in [2.05, 4.69) is 0 Å². The van der Waals surface area contributed by atoms with Crippen molar-refractivity contribution in [2.75, 3.05) is 0 Å². The molecule has 0 radical (unpaired) electrons. The molecule has 2 aromatic rings. The maximum atomic E-state index is 11.7. The van der Waals surface area contributed by atoms with Crippen molar-refractivity contribution in [1.82, 2.24) is 0 Å². The fraction of sp³-hybridized carbons (Fsp3) is 0. The van der Waals surface area contributed by atoms with Crippen LogP contribution in [0.4, 0.5) is 0 Å². The summed E-state index contributed by atoms with van der Waals surface area (Å²) in [6.07, 6.45) is 6.48. The minimum atomic E-state index is -0.0926. The highest BCUT2D eigenvalue weighted by Crippen LogP contribution is 2.13. The van der Waals surface area contributed by atoms with Crippen LogP contribution in [0.2, 0.25) is 10.0 Å². The number of benzene rings is 2. The van der Waals surface area contributed by atoms with Crippen molar-refractivity contribution in [1.29, 1.82) is 0 Å². The van der Waals surface area contributed by atoms with Crippen molar-refractivity contribution in [2.24, 2.45) is 0 Å². The summed E-state index contributed by atoms with van der Waals surface area (Å²) in [4.78, 5) is 11.7. The van der Waals surface area contributed by atoms with Gasteiger partial charge in [-0.2, -0.15) is 0 Å². The maximum Gasteiger partial charge on any atom is 0.178 e. The predicted molar refractivity (Wildman–Crippen MR) is 86.0 cm³/mol. The van der Waals surface area contributed by atoms with Gasteiger partial charge >= 0.3 is 0 Å². The van der Waals surface area contributed by atoms with E-state index in [0.717, 1.165) is 11.1 Å². The molecule has 0 heterocycles. The normalized spacial score (nSPS) is 11.3. The quantitative estimate of drug-likeness (QED) is 0.701. The van der Waals surface area contributed by atoms with Crippen molar-refractivity contribution in [3.63, 3.8) is 0 Å². The fourth-order valence-electron chi connectivity index (χ4n) is 1.63. The number of hydrogen-bond acceptors (Lipinski definition) is 1. The summed E-state index contributed by atoms with van der Waals surface area (Å²) in [7, 11) is 0. The average molecular weight is 303 g/mol. The summed E-state index contributed by atoms with van der Waals surface area (Å²) in [6, 6.07) is 14.6. The SMILES string of the molecule is O=C(/C=C\c1cccc(Cl)c1)/C=C\c1cccc(Cl)c1. The molecule has 0 bridgehead atoms. The van der Waals surface area contributed by atoms with Crippen LogP contribution in [0.5, 0.6) is 0 Å². The lowest BCUT2D eigenvalue weighted by Gasteiger charge is -1.94. The minimum absolute atomic E-state index is 0.0926. The zero-order chi connectivity index (χ0) is 14.4. The van der Waals surface area contributed by atoms with Crippen molar-refractivity contribution < 1.29 is 4.79 Å². The predicted octanol–water partition coefficient (Wildman–Crippen LogP) is 5.29. The van der Waals surface area contributed by atoms with Crippen LogP contribution in [0.15, 0.2) is 60.7 Å². The Balaban J connectivity index is 2.02. The molecule has 0 aliphatic carbocycles. The molecule has 0 saturated carbocycles. The first-order chi connectivity index (χ1) is 9.63. The lowest BCUT2D eigenvalue weighted by atomic mass is 10.1. The van der Waals surface area contributed by atoms with Gasteiger partial charge in [-0.3, -0.25) is 4.79 Å². The first-order valence-corrected chi connectivity index (χ1v) is 6.80. The maximum absolute atomic E-state index is 11.7. The van der Waals surface area contributed by atoms with Gasteiger partial charge in [0.05, 0.1) is 0 Å². The van der Waals surface area contributed by atoms with E-state index in [1.807, 2.05) is 24.3 Å². The number of carbonyl (C=O) groups excluding carboxylic acids is 1. The highest BCUT2D eigenvalue weighted by Gasteiger charge is 1.93. The van der Waals surface area contributed by atoms with Crippen LogP contribution in [-0.4, -0.2) is 5.78 Å². The molecule has 20 heavy (non-hydrogen) atoms. The molecule has 0 N–H and O–H groups in total. The molecule has 2 aromatic carbocycles. The summed E-state index contributed by atoms with van der Waals surface area (Å²) in [6.45, 7) is 0. The van der Waals surface area contributed by atoms with Crippen LogP contribution in [0.3, 0.4) is 0 Å². The zero-order valence-electron chi connectivity index (χ0n) is 10.6. The molecule has 0 saturated heterocycles.